The third-order valence-corrected chi connectivity index (χ3v) is 2.93. The van der Waals surface area contributed by atoms with Gasteiger partial charge in [-0.05, 0) is 13.0 Å². The van der Waals surface area contributed by atoms with Gasteiger partial charge in [-0.25, -0.2) is 4.98 Å². The van der Waals surface area contributed by atoms with E-state index in [9.17, 15) is 0 Å². The predicted octanol–water partition coefficient (Wildman–Crippen LogP) is 1.45. The highest BCUT2D eigenvalue weighted by molar-refractivity contribution is 7.09. The Bertz CT molecular complexity index is 327. The Morgan fingerprint density at radius 3 is 3.00 bits per heavy atom. The quantitative estimate of drug-likeness (QED) is 0.742. The Balaban J connectivity index is 2.53. The Hall–Kier alpha value is -0.890. The van der Waals surface area contributed by atoms with Crippen molar-refractivity contribution in [3.05, 3.63) is 16.1 Å². The van der Waals surface area contributed by atoms with Crippen molar-refractivity contribution in [2.45, 2.75) is 26.4 Å². The van der Waals surface area contributed by atoms with E-state index >= 15 is 0 Å². The van der Waals surface area contributed by atoms with Crippen LogP contribution in [0.2, 0.25) is 0 Å². The number of thiazole rings is 1. The molecule has 0 unspecified atom stereocenters. The van der Waals surface area contributed by atoms with Crippen molar-refractivity contribution >= 4 is 11.3 Å². The summed E-state index contributed by atoms with van der Waals surface area (Å²) in [5.41, 5.74) is 6.59. The van der Waals surface area contributed by atoms with E-state index in [1.807, 2.05) is 0 Å². The van der Waals surface area contributed by atoms with E-state index in [1.54, 1.807) is 11.3 Å². The molecule has 15 heavy (non-hydrogen) atoms. The van der Waals surface area contributed by atoms with Crippen molar-refractivity contribution in [2.75, 3.05) is 13.1 Å². The van der Waals surface area contributed by atoms with Gasteiger partial charge in [-0.3, -0.25) is 4.90 Å². The number of hydrogen-bond acceptors (Lipinski definition) is 4. The van der Waals surface area contributed by atoms with Gasteiger partial charge in [0.05, 0.1) is 12.2 Å². The zero-order valence-corrected chi connectivity index (χ0v) is 9.89. The smallest absolute Gasteiger partial charge is 0.106 e. The second-order valence-electron chi connectivity index (χ2n) is 3.35. The summed E-state index contributed by atoms with van der Waals surface area (Å²) in [7, 11) is 0. The van der Waals surface area contributed by atoms with E-state index in [0.717, 1.165) is 30.2 Å². The minimum Gasteiger partial charge on any atom is -0.325 e. The molecular weight excluding hydrogens is 206 g/mol. The molecular formula is C11H17N3S. The van der Waals surface area contributed by atoms with Crippen molar-refractivity contribution in [1.29, 1.82) is 0 Å². The molecule has 0 fully saturated rings. The third-order valence-electron chi connectivity index (χ3n) is 2.01. The van der Waals surface area contributed by atoms with Gasteiger partial charge in [-0.2, -0.15) is 0 Å². The molecule has 0 amide bonds. The monoisotopic (exact) mass is 223 g/mol. The van der Waals surface area contributed by atoms with Crippen LogP contribution < -0.4 is 5.73 Å². The van der Waals surface area contributed by atoms with E-state index in [0.29, 0.717) is 13.1 Å². The standard InChI is InChI=1S/C11H17N3S/c1-3-5-14(6-4-2)8-10-9-15-11(7-12)13-10/h1,9H,4-8,12H2,2H3. The maximum absolute atomic E-state index is 5.51. The first-order chi connectivity index (χ1) is 7.30. The molecule has 0 spiro atoms. The fourth-order valence-corrected chi connectivity index (χ4v) is 2.07. The molecule has 0 saturated carbocycles. The van der Waals surface area contributed by atoms with Gasteiger partial charge >= 0.3 is 0 Å². The molecule has 4 heteroatoms. The van der Waals surface area contributed by atoms with Gasteiger partial charge < -0.3 is 5.73 Å². The van der Waals surface area contributed by atoms with Crippen molar-refractivity contribution in [3.8, 4) is 12.3 Å². The molecule has 0 saturated heterocycles. The lowest BCUT2D eigenvalue weighted by Crippen LogP contribution is -2.24. The van der Waals surface area contributed by atoms with Gasteiger partial charge in [0, 0.05) is 18.5 Å². The fourth-order valence-electron chi connectivity index (χ4n) is 1.40. The van der Waals surface area contributed by atoms with E-state index in [4.69, 9.17) is 12.2 Å². The topological polar surface area (TPSA) is 42.1 Å². The van der Waals surface area contributed by atoms with Crippen LogP contribution >= 0.6 is 11.3 Å². The molecule has 0 bridgehead atoms. The zero-order valence-electron chi connectivity index (χ0n) is 9.07. The Morgan fingerprint density at radius 1 is 1.67 bits per heavy atom. The maximum Gasteiger partial charge on any atom is 0.106 e. The largest absolute Gasteiger partial charge is 0.325 e. The number of aromatic nitrogens is 1. The summed E-state index contributed by atoms with van der Waals surface area (Å²) in [6.07, 6.45) is 6.42. The molecule has 1 heterocycles. The Labute approximate surface area is 95.3 Å². The number of rotatable bonds is 6. The molecule has 82 valence electrons. The van der Waals surface area contributed by atoms with Crippen LogP contribution in [0.5, 0.6) is 0 Å². The first kappa shape index (κ1) is 12.2. The maximum atomic E-state index is 5.51. The average molecular weight is 223 g/mol. The lowest BCUT2D eigenvalue weighted by molar-refractivity contribution is 0.296. The molecule has 2 N–H and O–H groups in total. The van der Waals surface area contributed by atoms with Gasteiger partial charge in [-0.15, -0.1) is 17.8 Å². The van der Waals surface area contributed by atoms with Crippen molar-refractivity contribution in [3.63, 3.8) is 0 Å². The van der Waals surface area contributed by atoms with Gasteiger partial charge in [-0.1, -0.05) is 12.8 Å². The summed E-state index contributed by atoms with van der Waals surface area (Å²) in [6.45, 7) is 5.20. The van der Waals surface area contributed by atoms with Crippen molar-refractivity contribution < 1.29 is 0 Å². The molecule has 0 aliphatic heterocycles. The van der Waals surface area contributed by atoms with Crippen LogP contribution in [0.15, 0.2) is 5.38 Å². The molecule has 1 aromatic heterocycles. The van der Waals surface area contributed by atoms with Gasteiger partial charge in [0.25, 0.3) is 0 Å². The Kier molecular flexibility index (Phi) is 5.33. The minimum atomic E-state index is 0.521. The fraction of sp³-hybridized carbons (Fsp3) is 0.545. The molecule has 0 radical (unpaired) electrons. The highest BCUT2D eigenvalue weighted by Gasteiger charge is 2.06. The molecule has 0 aliphatic carbocycles. The summed E-state index contributed by atoms with van der Waals surface area (Å²) in [4.78, 5) is 6.63. The molecule has 1 aromatic rings. The average Bonchev–Trinajstić information content (AvgIpc) is 2.66. The highest BCUT2D eigenvalue weighted by atomic mass is 32.1. The van der Waals surface area contributed by atoms with Gasteiger partial charge in [0.1, 0.15) is 5.01 Å². The van der Waals surface area contributed by atoms with Crippen LogP contribution in [0.4, 0.5) is 0 Å². The predicted molar refractivity (Wildman–Crippen MR) is 64.4 cm³/mol. The van der Waals surface area contributed by atoms with Crippen molar-refractivity contribution in [1.82, 2.24) is 9.88 Å². The number of terminal acetylenes is 1. The summed E-state index contributed by atoms with van der Waals surface area (Å²) < 4.78 is 0. The normalized spacial score (nSPS) is 10.5. The van der Waals surface area contributed by atoms with Gasteiger partial charge in [0.2, 0.25) is 0 Å². The first-order valence-electron chi connectivity index (χ1n) is 5.09. The summed E-state index contributed by atoms with van der Waals surface area (Å²) in [6, 6.07) is 0. The molecule has 3 nitrogen and oxygen atoms in total. The number of hydrogen-bond donors (Lipinski definition) is 1. The summed E-state index contributed by atoms with van der Waals surface area (Å²) >= 11 is 1.61. The van der Waals surface area contributed by atoms with Crippen LogP contribution in [-0.4, -0.2) is 23.0 Å². The molecule has 0 aromatic carbocycles. The lowest BCUT2D eigenvalue weighted by Gasteiger charge is -2.17. The number of nitrogens with two attached hydrogens (primary N) is 1. The van der Waals surface area contributed by atoms with Gasteiger partial charge in [0.15, 0.2) is 0 Å². The minimum absolute atomic E-state index is 0.521. The molecule has 1 rings (SSSR count). The van der Waals surface area contributed by atoms with Crippen LogP contribution in [0.25, 0.3) is 0 Å². The summed E-state index contributed by atoms with van der Waals surface area (Å²) in [5, 5.41) is 3.05. The highest BCUT2D eigenvalue weighted by Crippen LogP contribution is 2.11. The second-order valence-corrected chi connectivity index (χ2v) is 4.29. The zero-order chi connectivity index (χ0) is 11.1. The summed E-state index contributed by atoms with van der Waals surface area (Å²) in [5.74, 6) is 2.67. The third kappa shape index (κ3) is 4.00. The Morgan fingerprint density at radius 2 is 2.47 bits per heavy atom. The van der Waals surface area contributed by atoms with E-state index in [1.165, 1.54) is 0 Å². The van der Waals surface area contributed by atoms with Crippen LogP contribution in [0.3, 0.4) is 0 Å². The van der Waals surface area contributed by atoms with Crippen molar-refractivity contribution in [2.24, 2.45) is 5.73 Å². The second kappa shape index (κ2) is 6.57. The SMILES string of the molecule is C#CCN(CCC)Cc1csc(CN)n1. The van der Waals surface area contributed by atoms with Crippen LogP contribution in [-0.2, 0) is 13.1 Å². The molecule has 0 atom stereocenters. The van der Waals surface area contributed by atoms with Crippen LogP contribution in [0.1, 0.15) is 24.0 Å². The van der Waals surface area contributed by atoms with E-state index < -0.39 is 0 Å². The molecule has 0 aliphatic rings. The van der Waals surface area contributed by atoms with E-state index in [2.05, 4.69) is 28.1 Å². The van der Waals surface area contributed by atoms with E-state index in [-0.39, 0.29) is 0 Å². The lowest BCUT2D eigenvalue weighted by atomic mass is 10.3. The van der Waals surface area contributed by atoms with Crippen LogP contribution in [0, 0.1) is 12.3 Å². The first-order valence-corrected chi connectivity index (χ1v) is 5.97. The number of nitrogens with zero attached hydrogens (tertiary/aromatic N) is 2.